The van der Waals surface area contributed by atoms with Gasteiger partial charge < -0.3 is 19.7 Å². The number of nitrogens with zero attached hydrogens (tertiary/aromatic N) is 2. The summed E-state index contributed by atoms with van der Waals surface area (Å²) in [6.07, 6.45) is 3.05. The van der Waals surface area contributed by atoms with E-state index in [4.69, 9.17) is 4.74 Å². The normalized spacial score (nSPS) is 15.1. The summed E-state index contributed by atoms with van der Waals surface area (Å²) in [6, 6.07) is 4.62. The van der Waals surface area contributed by atoms with E-state index in [-0.39, 0.29) is 29.4 Å². The summed E-state index contributed by atoms with van der Waals surface area (Å²) in [5.41, 5.74) is 0.636. The average Bonchev–Trinajstić information content (AvgIpc) is 2.67. The number of benzene rings is 1. The van der Waals surface area contributed by atoms with Crippen molar-refractivity contribution in [2.24, 2.45) is 0 Å². The van der Waals surface area contributed by atoms with Gasteiger partial charge in [0, 0.05) is 38.3 Å². The Balaban J connectivity index is 1.90. The highest BCUT2D eigenvalue weighted by molar-refractivity contribution is 5.92. The molecule has 30 heavy (non-hydrogen) atoms. The molecule has 0 aliphatic carbocycles. The van der Waals surface area contributed by atoms with Crippen LogP contribution in [0.2, 0.25) is 0 Å². The van der Waals surface area contributed by atoms with Crippen molar-refractivity contribution in [3.05, 3.63) is 29.8 Å². The molecule has 0 unspecified atom stereocenters. The highest BCUT2D eigenvalue weighted by atomic mass is 19.3. The van der Waals surface area contributed by atoms with Crippen LogP contribution in [0.3, 0.4) is 0 Å². The fourth-order valence-electron chi connectivity index (χ4n) is 3.06. The first-order valence-electron chi connectivity index (χ1n) is 9.98. The minimum Gasteiger partial charge on any atom is -0.490 e. The summed E-state index contributed by atoms with van der Waals surface area (Å²) in [7, 11) is 0. The lowest BCUT2D eigenvalue weighted by atomic mass is 10.2. The van der Waals surface area contributed by atoms with Crippen LogP contribution in [0.15, 0.2) is 24.3 Å². The van der Waals surface area contributed by atoms with Gasteiger partial charge in [-0.15, -0.1) is 0 Å². The molecule has 1 aliphatic rings. The standard InChI is InChI=1S/C21H29F2N3O4/c1-4-29-18-13-16(5-7-17(18)30-21(22)23)6-8-20(28)26-11-9-25(10-12-26)14-19(27)24-15(2)3/h5-8,13,15,21H,4,9-12,14H2,1-3H3,(H,24,27)/b8-6+. The van der Waals surface area contributed by atoms with Gasteiger partial charge in [-0.1, -0.05) is 6.07 Å². The predicted octanol–water partition coefficient (Wildman–Crippen LogP) is 2.37. The maximum atomic E-state index is 12.5. The van der Waals surface area contributed by atoms with Crippen LogP contribution >= 0.6 is 0 Å². The summed E-state index contributed by atoms with van der Waals surface area (Å²) >= 11 is 0. The topological polar surface area (TPSA) is 71.1 Å². The van der Waals surface area contributed by atoms with Gasteiger partial charge in [-0.2, -0.15) is 8.78 Å². The first-order valence-corrected chi connectivity index (χ1v) is 9.98. The van der Waals surface area contributed by atoms with Gasteiger partial charge in [0.05, 0.1) is 13.2 Å². The number of piperazine rings is 1. The predicted molar refractivity (Wildman–Crippen MR) is 110 cm³/mol. The summed E-state index contributed by atoms with van der Waals surface area (Å²) in [5, 5.41) is 2.86. The molecule has 0 radical (unpaired) electrons. The van der Waals surface area contributed by atoms with Gasteiger partial charge in [0.2, 0.25) is 11.8 Å². The van der Waals surface area contributed by atoms with Gasteiger partial charge in [-0.05, 0) is 44.5 Å². The summed E-state index contributed by atoms with van der Waals surface area (Å²) in [5.74, 6) is -0.0187. The Morgan fingerprint density at radius 3 is 2.47 bits per heavy atom. The van der Waals surface area contributed by atoms with Crippen LogP contribution in [-0.4, -0.2) is 73.6 Å². The van der Waals surface area contributed by atoms with Crippen molar-refractivity contribution in [3.8, 4) is 11.5 Å². The monoisotopic (exact) mass is 425 g/mol. The van der Waals surface area contributed by atoms with Crippen LogP contribution < -0.4 is 14.8 Å². The Kier molecular flexibility index (Phi) is 9.04. The van der Waals surface area contributed by atoms with Gasteiger partial charge >= 0.3 is 6.61 Å². The van der Waals surface area contributed by atoms with Gasteiger partial charge in [-0.25, -0.2) is 0 Å². The summed E-state index contributed by atoms with van der Waals surface area (Å²) in [6.45, 7) is 5.56. The van der Waals surface area contributed by atoms with Crippen molar-refractivity contribution in [1.82, 2.24) is 15.1 Å². The first kappa shape index (κ1) is 23.6. The lowest BCUT2D eigenvalue weighted by molar-refractivity contribution is -0.128. The molecule has 1 aromatic carbocycles. The van der Waals surface area contributed by atoms with Crippen LogP contribution in [0.25, 0.3) is 6.08 Å². The number of carbonyl (C=O) groups excluding carboxylic acids is 2. The van der Waals surface area contributed by atoms with Crippen LogP contribution in [0, 0.1) is 0 Å². The third-order valence-electron chi connectivity index (χ3n) is 4.40. The van der Waals surface area contributed by atoms with Crippen molar-refractivity contribution >= 4 is 17.9 Å². The van der Waals surface area contributed by atoms with E-state index < -0.39 is 6.61 Å². The lowest BCUT2D eigenvalue weighted by Crippen LogP contribution is -2.51. The minimum atomic E-state index is -2.94. The van der Waals surface area contributed by atoms with E-state index in [1.165, 1.54) is 12.1 Å². The molecule has 1 N–H and O–H groups in total. The molecule has 1 saturated heterocycles. The van der Waals surface area contributed by atoms with Crippen LogP contribution in [0.4, 0.5) is 8.78 Å². The molecule has 0 atom stereocenters. The molecule has 2 amide bonds. The quantitative estimate of drug-likeness (QED) is 0.615. The molecule has 166 valence electrons. The summed E-state index contributed by atoms with van der Waals surface area (Å²) in [4.78, 5) is 28.0. The number of ether oxygens (including phenoxy) is 2. The van der Waals surface area contributed by atoms with Crippen LogP contribution in [0.1, 0.15) is 26.3 Å². The Hall–Kier alpha value is -2.68. The molecular weight excluding hydrogens is 396 g/mol. The van der Waals surface area contributed by atoms with E-state index in [2.05, 4.69) is 10.1 Å². The van der Waals surface area contributed by atoms with Gasteiger partial charge in [0.15, 0.2) is 11.5 Å². The molecule has 0 bridgehead atoms. The summed E-state index contributed by atoms with van der Waals surface area (Å²) < 4.78 is 34.8. The van der Waals surface area contributed by atoms with Crippen LogP contribution in [0.5, 0.6) is 11.5 Å². The number of alkyl halides is 2. The van der Waals surface area contributed by atoms with E-state index in [1.807, 2.05) is 18.7 Å². The zero-order chi connectivity index (χ0) is 22.1. The van der Waals surface area contributed by atoms with Crippen molar-refractivity contribution in [2.45, 2.75) is 33.4 Å². The van der Waals surface area contributed by atoms with Crippen molar-refractivity contribution in [1.29, 1.82) is 0 Å². The lowest BCUT2D eigenvalue weighted by Gasteiger charge is -2.33. The van der Waals surface area contributed by atoms with E-state index in [0.29, 0.717) is 44.9 Å². The van der Waals surface area contributed by atoms with Gasteiger partial charge in [-0.3, -0.25) is 14.5 Å². The van der Waals surface area contributed by atoms with Gasteiger partial charge in [0.1, 0.15) is 0 Å². The molecule has 1 aliphatic heterocycles. The number of hydrogen-bond donors (Lipinski definition) is 1. The molecule has 1 fully saturated rings. The fraction of sp³-hybridized carbons (Fsp3) is 0.524. The van der Waals surface area contributed by atoms with E-state index >= 15 is 0 Å². The third kappa shape index (κ3) is 7.62. The Labute approximate surface area is 175 Å². The molecule has 7 nitrogen and oxygen atoms in total. The molecule has 2 rings (SSSR count). The van der Waals surface area contributed by atoms with Crippen molar-refractivity contribution < 1.29 is 27.8 Å². The van der Waals surface area contributed by atoms with Crippen molar-refractivity contribution in [3.63, 3.8) is 0 Å². The highest BCUT2D eigenvalue weighted by Crippen LogP contribution is 2.30. The van der Waals surface area contributed by atoms with Gasteiger partial charge in [0.25, 0.3) is 0 Å². The number of amides is 2. The number of hydrogen-bond acceptors (Lipinski definition) is 5. The van der Waals surface area contributed by atoms with Crippen LogP contribution in [-0.2, 0) is 9.59 Å². The molecule has 9 heteroatoms. The average molecular weight is 425 g/mol. The number of nitrogens with one attached hydrogen (secondary N) is 1. The van der Waals surface area contributed by atoms with E-state index in [1.54, 1.807) is 30.0 Å². The Morgan fingerprint density at radius 2 is 1.87 bits per heavy atom. The molecular formula is C21H29F2N3O4. The fourth-order valence-corrected chi connectivity index (χ4v) is 3.06. The highest BCUT2D eigenvalue weighted by Gasteiger charge is 2.21. The molecule has 1 aromatic rings. The number of carbonyl (C=O) groups is 2. The number of halogens is 2. The maximum absolute atomic E-state index is 12.5. The maximum Gasteiger partial charge on any atom is 0.387 e. The molecule has 1 heterocycles. The minimum absolute atomic E-state index is 0.0194. The third-order valence-corrected chi connectivity index (χ3v) is 4.40. The first-order chi connectivity index (χ1) is 14.3. The second-order valence-corrected chi connectivity index (χ2v) is 7.17. The van der Waals surface area contributed by atoms with E-state index in [0.717, 1.165) is 0 Å². The Bertz CT molecular complexity index is 748. The smallest absolute Gasteiger partial charge is 0.387 e. The zero-order valence-electron chi connectivity index (χ0n) is 17.6. The molecule has 0 spiro atoms. The van der Waals surface area contributed by atoms with Crippen molar-refractivity contribution in [2.75, 3.05) is 39.3 Å². The second-order valence-electron chi connectivity index (χ2n) is 7.17. The SMILES string of the molecule is CCOc1cc(/C=C/C(=O)N2CCN(CC(=O)NC(C)C)CC2)ccc1OC(F)F. The number of rotatable bonds is 9. The molecule has 0 aromatic heterocycles. The largest absolute Gasteiger partial charge is 0.490 e. The zero-order valence-corrected chi connectivity index (χ0v) is 17.6. The Morgan fingerprint density at radius 1 is 1.17 bits per heavy atom. The van der Waals surface area contributed by atoms with E-state index in [9.17, 15) is 18.4 Å². The molecule has 0 saturated carbocycles. The second kappa shape index (κ2) is 11.5.